The van der Waals surface area contributed by atoms with Crippen LogP contribution in [0, 0.1) is 0 Å². The normalized spacial score (nSPS) is 18.2. The van der Waals surface area contributed by atoms with Gasteiger partial charge in [-0.25, -0.2) is 15.6 Å². The second kappa shape index (κ2) is 3.19. The molecule has 4 nitrogen and oxygen atoms in total. The summed E-state index contributed by atoms with van der Waals surface area (Å²) in [4.78, 5) is 10.5. The highest BCUT2D eigenvalue weighted by Crippen LogP contribution is 2.41. The minimum Gasteiger partial charge on any atom is -0.478 e. The highest BCUT2D eigenvalue weighted by molar-refractivity contribution is 5.87. The van der Waals surface area contributed by atoms with E-state index >= 15 is 0 Å². The Morgan fingerprint density at radius 3 is 2.00 bits per heavy atom. The Morgan fingerprint density at radius 2 is 1.69 bits per heavy atom. The molecular formula is C9H7F3N2O2. The van der Waals surface area contributed by atoms with E-state index in [1.807, 2.05) is 10.9 Å². The zero-order valence-corrected chi connectivity index (χ0v) is 7.80. The third-order valence-electron chi connectivity index (χ3n) is 2.37. The third kappa shape index (κ3) is 1.54. The van der Waals surface area contributed by atoms with Gasteiger partial charge in [-0.3, -0.25) is 0 Å². The van der Waals surface area contributed by atoms with Gasteiger partial charge in [-0.05, 0) is 17.7 Å². The molecule has 3 N–H and O–H groups in total. The van der Waals surface area contributed by atoms with Crippen LogP contribution >= 0.6 is 0 Å². The van der Waals surface area contributed by atoms with Crippen LogP contribution in [-0.2, 0) is 5.66 Å². The Labute approximate surface area is 88.0 Å². The molecule has 86 valence electrons. The number of halogens is 3. The molecule has 0 atom stereocenters. The van der Waals surface area contributed by atoms with Crippen LogP contribution in [0.25, 0.3) is 0 Å². The number of hydrazine groups is 1. The van der Waals surface area contributed by atoms with Gasteiger partial charge in [0.2, 0.25) is 5.66 Å². The van der Waals surface area contributed by atoms with E-state index in [1.54, 1.807) is 0 Å². The zero-order chi connectivity index (χ0) is 12.0. The van der Waals surface area contributed by atoms with Crippen LogP contribution in [-0.4, -0.2) is 17.3 Å². The standard InChI is InChI=1S/C9H7F3N2O2/c10-9(11,12)8(13-14-8)6-3-1-5(2-4-6)7(15)16/h1-4,13-14H,(H,15,16)/i7+2. The largest absolute Gasteiger partial charge is 0.478 e. The van der Waals surface area contributed by atoms with Crippen LogP contribution in [0.5, 0.6) is 0 Å². The lowest BCUT2D eigenvalue weighted by Gasteiger charge is -2.16. The smallest absolute Gasteiger partial charge is 0.426 e. The summed E-state index contributed by atoms with van der Waals surface area (Å²) in [6, 6.07) is 4.52. The van der Waals surface area contributed by atoms with Crippen molar-refractivity contribution in [1.29, 1.82) is 0 Å². The number of nitrogens with one attached hydrogen (secondary N) is 2. The number of rotatable bonds is 2. The topological polar surface area (TPSA) is 81.2 Å². The number of carboxylic acids is 1. The first-order valence-corrected chi connectivity index (χ1v) is 4.32. The molecule has 1 heterocycles. The van der Waals surface area contributed by atoms with E-state index in [0.717, 1.165) is 24.3 Å². The van der Waals surface area contributed by atoms with Crippen LogP contribution in [0.2, 0.25) is 0 Å². The number of hydrogen-bond donors (Lipinski definition) is 3. The molecule has 0 amide bonds. The fourth-order valence-electron chi connectivity index (χ4n) is 1.38. The van der Waals surface area contributed by atoms with Crippen molar-refractivity contribution in [3.05, 3.63) is 35.4 Å². The van der Waals surface area contributed by atoms with Crippen LogP contribution in [0.15, 0.2) is 24.3 Å². The van der Waals surface area contributed by atoms with Gasteiger partial charge in [-0.1, -0.05) is 12.1 Å². The van der Waals surface area contributed by atoms with Crippen molar-refractivity contribution in [1.82, 2.24) is 10.9 Å². The molecule has 7 heteroatoms. The first kappa shape index (κ1) is 10.9. The lowest BCUT2D eigenvalue weighted by molar-refractivity contribution is -0.165. The summed E-state index contributed by atoms with van der Waals surface area (Å²) < 4.78 is 37.8. The van der Waals surface area contributed by atoms with Crippen LogP contribution in [0.4, 0.5) is 13.2 Å². The van der Waals surface area contributed by atoms with Gasteiger partial charge < -0.3 is 5.11 Å². The molecule has 0 spiro atoms. The van der Waals surface area contributed by atoms with Gasteiger partial charge in [0, 0.05) is 0 Å². The molecule has 1 fully saturated rings. The van der Waals surface area contributed by atoms with E-state index in [4.69, 9.17) is 5.11 Å². The monoisotopic (exact) mass is 234 g/mol. The summed E-state index contributed by atoms with van der Waals surface area (Å²) in [6.45, 7) is 0. The predicted molar refractivity (Wildman–Crippen MR) is 47.4 cm³/mol. The van der Waals surface area contributed by atoms with E-state index < -0.39 is 17.8 Å². The van der Waals surface area contributed by atoms with Gasteiger partial charge in [-0.15, -0.1) is 0 Å². The fraction of sp³-hybridized carbons (Fsp3) is 0.222. The molecule has 2 rings (SSSR count). The molecule has 0 aliphatic carbocycles. The number of alkyl halides is 3. The summed E-state index contributed by atoms with van der Waals surface area (Å²) in [5.41, 5.74) is 1.71. The second-order valence-corrected chi connectivity index (χ2v) is 3.38. The lowest BCUT2D eigenvalue weighted by Crippen LogP contribution is -2.34. The van der Waals surface area contributed by atoms with Crippen molar-refractivity contribution in [3.63, 3.8) is 0 Å². The van der Waals surface area contributed by atoms with E-state index in [2.05, 4.69) is 0 Å². The Balaban J connectivity index is 2.33. The SMILES string of the molecule is O=[14C](O)c1ccc(C2(C(F)(F)F)NN2)cc1. The van der Waals surface area contributed by atoms with Crippen molar-refractivity contribution >= 4 is 5.97 Å². The van der Waals surface area contributed by atoms with E-state index in [1.165, 1.54) is 0 Å². The Hall–Kier alpha value is -1.60. The number of benzene rings is 1. The zero-order valence-electron chi connectivity index (χ0n) is 7.80. The Kier molecular flexibility index (Phi) is 2.18. The van der Waals surface area contributed by atoms with Crippen molar-refractivity contribution in [3.8, 4) is 0 Å². The maximum absolute atomic E-state index is 12.6. The van der Waals surface area contributed by atoms with Crippen molar-refractivity contribution in [2.24, 2.45) is 0 Å². The molecule has 0 unspecified atom stereocenters. The average molecular weight is 234 g/mol. The minimum atomic E-state index is -4.47. The molecule has 1 saturated heterocycles. The summed E-state index contributed by atoms with van der Waals surface area (Å²) in [5, 5.41) is 8.60. The van der Waals surface area contributed by atoms with Gasteiger partial charge in [0.15, 0.2) is 0 Å². The van der Waals surface area contributed by atoms with Gasteiger partial charge in [0.25, 0.3) is 0 Å². The highest BCUT2D eigenvalue weighted by atomic mass is 19.4. The third-order valence-corrected chi connectivity index (χ3v) is 2.37. The quantitative estimate of drug-likeness (QED) is 0.672. The number of hydrogen-bond acceptors (Lipinski definition) is 3. The summed E-state index contributed by atoms with van der Waals surface area (Å²) >= 11 is 0. The molecule has 1 aromatic carbocycles. The molecule has 0 radical (unpaired) electrons. The van der Waals surface area contributed by atoms with E-state index in [-0.39, 0.29) is 11.1 Å². The van der Waals surface area contributed by atoms with Crippen molar-refractivity contribution < 1.29 is 23.1 Å². The van der Waals surface area contributed by atoms with E-state index in [9.17, 15) is 18.0 Å². The number of carbonyl (C=O) groups is 1. The van der Waals surface area contributed by atoms with Gasteiger partial charge >= 0.3 is 12.1 Å². The molecule has 16 heavy (non-hydrogen) atoms. The Bertz CT molecular complexity index is 423. The first-order chi connectivity index (χ1) is 7.37. The van der Waals surface area contributed by atoms with E-state index in [0.29, 0.717) is 0 Å². The van der Waals surface area contributed by atoms with Crippen LogP contribution in [0.3, 0.4) is 0 Å². The maximum Gasteiger partial charge on any atom is 0.426 e. The van der Waals surface area contributed by atoms with Crippen LogP contribution < -0.4 is 10.9 Å². The second-order valence-electron chi connectivity index (χ2n) is 3.38. The van der Waals surface area contributed by atoms with Crippen molar-refractivity contribution in [2.75, 3.05) is 0 Å². The van der Waals surface area contributed by atoms with Crippen molar-refractivity contribution in [2.45, 2.75) is 11.8 Å². The predicted octanol–water partition coefficient (Wildman–Crippen LogP) is 1.21. The average Bonchev–Trinajstić information content (AvgIpc) is 2.97. The Morgan fingerprint density at radius 1 is 1.19 bits per heavy atom. The molecule has 1 aromatic rings. The lowest BCUT2D eigenvalue weighted by atomic mass is 10.0. The summed E-state index contributed by atoms with van der Waals surface area (Å²) in [5.74, 6) is -1.18. The highest BCUT2D eigenvalue weighted by Gasteiger charge is 2.65. The number of carboxylic acid groups (broad SMARTS) is 1. The van der Waals surface area contributed by atoms with Gasteiger partial charge in [0.05, 0.1) is 5.56 Å². The molecule has 0 aromatic heterocycles. The number of aromatic carboxylic acids is 1. The summed E-state index contributed by atoms with van der Waals surface area (Å²) in [6.07, 6.45) is -4.47. The summed E-state index contributed by atoms with van der Waals surface area (Å²) in [7, 11) is 0. The van der Waals surface area contributed by atoms with Crippen LogP contribution in [0.1, 0.15) is 15.9 Å². The first-order valence-electron chi connectivity index (χ1n) is 4.32. The molecule has 1 aliphatic heterocycles. The molecule has 1 aliphatic rings. The fourth-order valence-corrected chi connectivity index (χ4v) is 1.38. The molecule has 0 saturated carbocycles. The molecule has 0 bridgehead atoms. The van der Waals surface area contributed by atoms with Gasteiger partial charge in [0.1, 0.15) is 0 Å². The maximum atomic E-state index is 12.6. The molecular weight excluding hydrogens is 227 g/mol. The minimum absolute atomic E-state index is 0.0540. The van der Waals surface area contributed by atoms with Gasteiger partial charge in [-0.2, -0.15) is 13.2 Å².